The molecule has 2 rings (SSSR count). The first-order valence-electron chi connectivity index (χ1n) is 7.95. The van der Waals surface area contributed by atoms with Crippen molar-refractivity contribution >= 4 is 5.69 Å². The van der Waals surface area contributed by atoms with Gasteiger partial charge in [0.1, 0.15) is 5.83 Å². The Hall–Kier alpha value is -2.07. The van der Waals surface area contributed by atoms with E-state index in [0.29, 0.717) is 5.92 Å². The fourth-order valence-electron chi connectivity index (χ4n) is 2.75. The lowest BCUT2D eigenvalue weighted by Crippen LogP contribution is -2.10. The van der Waals surface area contributed by atoms with Gasteiger partial charge in [-0.15, -0.1) is 0 Å². The fourth-order valence-corrected chi connectivity index (χ4v) is 2.75. The van der Waals surface area contributed by atoms with Crippen LogP contribution in [0.2, 0.25) is 0 Å². The van der Waals surface area contributed by atoms with Crippen molar-refractivity contribution in [1.82, 2.24) is 0 Å². The summed E-state index contributed by atoms with van der Waals surface area (Å²) < 4.78 is 12.4. The Labute approximate surface area is 137 Å². The molecule has 1 aliphatic rings. The minimum atomic E-state index is -0.574. The third-order valence-corrected chi connectivity index (χ3v) is 4.16. The molecule has 0 bridgehead atoms. The lowest BCUT2D eigenvalue weighted by atomic mass is 9.79. The smallest absolute Gasteiger partial charge is 0.161 e. The number of halogens is 1. The first-order chi connectivity index (χ1) is 11.0. The van der Waals surface area contributed by atoms with E-state index < -0.39 is 5.83 Å². The molecule has 1 fully saturated rings. The quantitative estimate of drug-likeness (QED) is 0.298. The zero-order valence-corrected chi connectivity index (χ0v) is 13.6. The number of allylic oxidation sites excluding steroid dienone is 3. The summed E-state index contributed by atoms with van der Waals surface area (Å²) in [5, 5.41) is 0. The van der Waals surface area contributed by atoms with Crippen LogP contribution in [-0.2, 0) is 9.88 Å². The summed E-state index contributed by atoms with van der Waals surface area (Å²) in [7, 11) is 0. The Kier molecular flexibility index (Phi) is 6.41. The third-order valence-electron chi connectivity index (χ3n) is 4.16. The summed E-state index contributed by atoms with van der Waals surface area (Å²) in [5.41, 5.74) is 4.82. The molecule has 0 unspecified atom stereocenters. The van der Waals surface area contributed by atoms with Crippen LogP contribution in [0.4, 0.5) is 10.1 Å². The van der Waals surface area contributed by atoms with Crippen molar-refractivity contribution in [3.8, 4) is 0 Å². The Morgan fingerprint density at radius 1 is 1.13 bits per heavy atom. The Bertz CT molecular complexity index is 557. The van der Waals surface area contributed by atoms with Crippen LogP contribution in [0.5, 0.6) is 0 Å². The number of anilines is 1. The highest BCUT2D eigenvalue weighted by molar-refractivity contribution is 5.43. The van der Waals surface area contributed by atoms with Crippen molar-refractivity contribution in [2.45, 2.75) is 38.5 Å². The second-order valence-electron chi connectivity index (χ2n) is 6.09. The van der Waals surface area contributed by atoms with Gasteiger partial charge in [-0.05, 0) is 54.5 Å². The molecule has 1 aromatic rings. The van der Waals surface area contributed by atoms with Crippen LogP contribution in [0.25, 0.3) is 0 Å². The van der Waals surface area contributed by atoms with E-state index in [9.17, 15) is 4.39 Å². The molecular formula is C19H24FNO2. The Morgan fingerprint density at radius 3 is 2.39 bits per heavy atom. The lowest BCUT2D eigenvalue weighted by Gasteiger charge is -2.26. The lowest BCUT2D eigenvalue weighted by molar-refractivity contribution is -0.233. The second-order valence-corrected chi connectivity index (χ2v) is 6.09. The molecule has 0 aromatic heterocycles. The molecule has 1 N–H and O–H groups in total. The van der Waals surface area contributed by atoms with Gasteiger partial charge in [0, 0.05) is 0 Å². The summed E-state index contributed by atoms with van der Waals surface area (Å²) >= 11 is 0. The summed E-state index contributed by atoms with van der Waals surface area (Å²) in [6, 6.07) is 8.15. The molecule has 0 saturated heterocycles. The average Bonchev–Trinajstić information content (AvgIpc) is 2.54. The average molecular weight is 317 g/mol. The zero-order chi connectivity index (χ0) is 16.7. The summed E-state index contributed by atoms with van der Waals surface area (Å²) in [5.74, 6) is 1.12. The van der Waals surface area contributed by atoms with Gasteiger partial charge in [0.25, 0.3) is 0 Å². The van der Waals surface area contributed by atoms with Gasteiger partial charge in [-0.2, -0.15) is 0 Å². The van der Waals surface area contributed by atoms with Gasteiger partial charge in [0.05, 0.1) is 5.69 Å². The molecule has 1 saturated carbocycles. The highest BCUT2D eigenvalue weighted by Crippen LogP contribution is 2.35. The van der Waals surface area contributed by atoms with E-state index in [1.165, 1.54) is 37.3 Å². The van der Waals surface area contributed by atoms with E-state index in [1.807, 2.05) is 12.1 Å². The molecule has 23 heavy (non-hydrogen) atoms. The van der Waals surface area contributed by atoms with E-state index >= 15 is 0 Å². The Balaban J connectivity index is 1.77. The molecule has 1 aliphatic carbocycles. The van der Waals surface area contributed by atoms with Crippen molar-refractivity contribution in [3.05, 3.63) is 66.7 Å². The minimum absolute atomic E-state index is 0.171. The number of hydrogen-bond donors (Lipinski definition) is 1. The molecule has 0 atom stereocenters. The predicted octanol–water partition coefficient (Wildman–Crippen LogP) is 5.81. The van der Waals surface area contributed by atoms with Crippen LogP contribution in [0.1, 0.15) is 44.1 Å². The van der Waals surface area contributed by atoms with Crippen molar-refractivity contribution in [1.29, 1.82) is 0 Å². The molecule has 0 aliphatic heterocycles. The van der Waals surface area contributed by atoms with Gasteiger partial charge >= 0.3 is 0 Å². The molecule has 0 radical (unpaired) electrons. The largest absolute Gasteiger partial charge is 0.315 e. The molecule has 4 heteroatoms. The molecule has 124 valence electrons. The van der Waals surface area contributed by atoms with Crippen LogP contribution in [0.3, 0.4) is 0 Å². The molecule has 0 spiro atoms. The zero-order valence-electron chi connectivity index (χ0n) is 13.6. The first-order valence-corrected chi connectivity index (χ1v) is 7.95. The Morgan fingerprint density at radius 2 is 1.78 bits per heavy atom. The van der Waals surface area contributed by atoms with E-state index in [4.69, 9.17) is 9.88 Å². The van der Waals surface area contributed by atoms with Crippen molar-refractivity contribution in [3.63, 3.8) is 0 Å². The van der Waals surface area contributed by atoms with Gasteiger partial charge < -0.3 is 4.89 Å². The van der Waals surface area contributed by atoms with E-state index in [0.717, 1.165) is 17.7 Å². The number of rotatable bonds is 7. The molecule has 3 nitrogen and oxygen atoms in total. The van der Waals surface area contributed by atoms with Gasteiger partial charge in [0.2, 0.25) is 0 Å². The number of nitrogens with one attached hydrogen (secondary N) is 1. The van der Waals surface area contributed by atoms with E-state index in [1.54, 1.807) is 0 Å². The molecule has 1 aromatic carbocycles. The number of benzene rings is 1. The highest BCUT2D eigenvalue weighted by atomic mass is 19.1. The van der Waals surface area contributed by atoms with Crippen LogP contribution in [0.15, 0.2) is 61.2 Å². The molecule has 0 amide bonds. The second kappa shape index (κ2) is 8.53. The summed E-state index contributed by atoms with van der Waals surface area (Å²) in [6.45, 7) is 8.98. The van der Waals surface area contributed by atoms with Gasteiger partial charge in [-0.25, -0.2) is 9.87 Å². The van der Waals surface area contributed by atoms with Gasteiger partial charge in [0.15, 0.2) is 5.76 Å². The normalized spacial score (nSPS) is 21.1. The van der Waals surface area contributed by atoms with Gasteiger partial charge in [-0.1, -0.05) is 50.0 Å². The van der Waals surface area contributed by atoms with Gasteiger partial charge in [-0.3, -0.25) is 0 Å². The van der Waals surface area contributed by atoms with Crippen LogP contribution in [0, 0.1) is 5.92 Å². The first kappa shape index (κ1) is 17.3. The summed E-state index contributed by atoms with van der Waals surface area (Å²) in [4.78, 5) is 9.71. The molecule has 0 heterocycles. The van der Waals surface area contributed by atoms with Crippen molar-refractivity contribution in [2.75, 3.05) is 5.48 Å². The number of hydrogen-bond acceptors (Lipinski definition) is 3. The van der Waals surface area contributed by atoms with Crippen molar-refractivity contribution in [2.24, 2.45) is 5.92 Å². The summed E-state index contributed by atoms with van der Waals surface area (Å²) in [6.07, 6.45) is 7.62. The molecular weight excluding hydrogens is 293 g/mol. The minimum Gasteiger partial charge on any atom is -0.315 e. The van der Waals surface area contributed by atoms with E-state index in [2.05, 4.69) is 37.7 Å². The monoisotopic (exact) mass is 317 g/mol. The standard InChI is InChI=1S/C19H24FNO2/c1-14-4-8-17(9-5-14)18-10-12-19(13-11-18)21-23-22-16(3)7-6-15(2)20/h6-7,10-14,17,21H,2-5,8-9H2,1H3/b7-6-. The topological polar surface area (TPSA) is 30.5 Å². The highest BCUT2D eigenvalue weighted by Gasteiger charge is 2.19. The maximum atomic E-state index is 12.4. The predicted molar refractivity (Wildman–Crippen MR) is 91.1 cm³/mol. The van der Waals surface area contributed by atoms with Crippen LogP contribution >= 0.6 is 0 Å². The fraction of sp³-hybridized carbons (Fsp3) is 0.368. The SMILES string of the molecule is C=C(F)/C=C\C(=C)OONc1ccc(C2CCC(C)CC2)cc1. The van der Waals surface area contributed by atoms with Crippen molar-refractivity contribution < 1.29 is 14.3 Å². The maximum Gasteiger partial charge on any atom is 0.161 e. The third kappa shape index (κ3) is 5.91. The van der Waals surface area contributed by atoms with Crippen LogP contribution < -0.4 is 5.48 Å². The maximum absolute atomic E-state index is 12.4. The van der Waals surface area contributed by atoms with Crippen LogP contribution in [-0.4, -0.2) is 0 Å². The van der Waals surface area contributed by atoms with E-state index in [-0.39, 0.29) is 5.76 Å².